The Hall–Kier alpha value is -1.20. The SMILES string of the molecule is O=C(NC1CC2CNC1C2)c1cc(Cl)c(F)cn1. The molecule has 1 saturated carbocycles. The summed E-state index contributed by atoms with van der Waals surface area (Å²) in [7, 11) is 0. The quantitative estimate of drug-likeness (QED) is 0.852. The van der Waals surface area contributed by atoms with Gasteiger partial charge in [-0.3, -0.25) is 4.79 Å². The summed E-state index contributed by atoms with van der Waals surface area (Å²) in [4.78, 5) is 15.7. The molecule has 3 atom stereocenters. The highest BCUT2D eigenvalue weighted by Gasteiger charge is 2.40. The minimum atomic E-state index is -0.616. The molecule has 4 nitrogen and oxygen atoms in total. The van der Waals surface area contributed by atoms with Crippen molar-refractivity contribution in [3.8, 4) is 0 Å². The van der Waals surface area contributed by atoms with Gasteiger partial charge in [0.05, 0.1) is 11.2 Å². The zero-order valence-electron chi connectivity index (χ0n) is 9.62. The van der Waals surface area contributed by atoms with Gasteiger partial charge in [-0.15, -0.1) is 0 Å². The van der Waals surface area contributed by atoms with Crippen molar-refractivity contribution < 1.29 is 9.18 Å². The summed E-state index contributed by atoms with van der Waals surface area (Å²) < 4.78 is 13.0. The maximum atomic E-state index is 13.0. The number of hydrogen-bond acceptors (Lipinski definition) is 3. The molecule has 2 bridgehead atoms. The Morgan fingerprint density at radius 3 is 3.00 bits per heavy atom. The highest BCUT2D eigenvalue weighted by atomic mass is 35.5. The molecule has 2 fully saturated rings. The minimum Gasteiger partial charge on any atom is -0.346 e. The second-order valence-electron chi connectivity index (χ2n) is 4.92. The number of carbonyl (C=O) groups is 1. The molecule has 1 aliphatic carbocycles. The van der Waals surface area contributed by atoms with Crippen LogP contribution >= 0.6 is 11.6 Å². The van der Waals surface area contributed by atoms with Crippen LogP contribution in [0.2, 0.25) is 5.02 Å². The minimum absolute atomic E-state index is 0.0822. The average Bonchev–Trinajstić information content (AvgIpc) is 2.94. The molecule has 6 heteroatoms. The molecule has 18 heavy (non-hydrogen) atoms. The van der Waals surface area contributed by atoms with E-state index in [1.54, 1.807) is 0 Å². The number of nitrogens with zero attached hydrogens (tertiary/aromatic N) is 1. The third kappa shape index (κ3) is 2.08. The van der Waals surface area contributed by atoms with Crippen LogP contribution in [-0.2, 0) is 0 Å². The molecule has 2 aliphatic rings. The van der Waals surface area contributed by atoms with Gasteiger partial charge in [0.15, 0.2) is 5.82 Å². The maximum absolute atomic E-state index is 13.0. The molecular formula is C12H13ClFN3O. The number of aromatic nitrogens is 1. The predicted octanol–water partition coefficient (Wildman–Crippen LogP) is 1.35. The molecule has 0 radical (unpaired) electrons. The van der Waals surface area contributed by atoms with E-state index in [0.717, 1.165) is 25.6 Å². The lowest BCUT2D eigenvalue weighted by Crippen LogP contribution is -2.48. The second-order valence-corrected chi connectivity index (χ2v) is 5.32. The molecule has 2 heterocycles. The second kappa shape index (κ2) is 4.48. The number of hydrogen-bond donors (Lipinski definition) is 2. The largest absolute Gasteiger partial charge is 0.346 e. The average molecular weight is 270 g/mol. The van der Waals surface area contributed by atoms with Gasteiger partial charge in [0.1, 0.15) is 5.69 Å². The third-order valence-corrected chi connectivity index (χ3v) is 3.98. The van der Waals surface area contributed by atoms with E-state index in [2.05, 4.69) is 15.6 Å². The molecule has 1 aromatic heterocycles. The van der Waals surface area contributed by atoms with Gasteiger partial charge < -0.3 is 10.6 Å². The van der Waals surface area contributed by atoms with Gasteiger partial charge in [0.25, 0.3) is 5.91 Å². The van der Waals surface area contributed by atoms with Gasteiger partial charge in [-0.25, -0.2) is 9.37 Å². The zero-order valence-corrected chi connectivity index (χ0v) is 10.4. The first-order valence-electron chi connectivity index (χ1n) is 5.99. The molecule has 96 valence electrons. The van der Waals surface area contributed by atoms with Gasteiger partial charge in [0.2, 0.25) is 0 Å². The molecule has 0 aromatic carbocycles. The van der Waals surface area contributed by atoms with Crippen molar-refractivity contribution in [1.82, 2.24) is 15.6 Å². The van der Waals surface area contributed by atoms with Crippen LogP contribution in [-0.4, -0.2) is 29.5 Å². The normalized spacial score (nSPS) is 29.6. The molecule has 0 spiro atoms. The number of halogens is 2. The fourth-order valence-corrected chi connectivity index (χ4v) is 2.95. The summed E-state index contributed by atoms with van der Waals surface area (Å²) in [6.07, 6.45) is 3.08. The number of pyridine rings is 1. The van der Waals surface area contributed by atoms with Gasteiger partial charge in [-0.1, -0.05) is 11.6 Å². The Morgan fingerprint density at radius 1 is 1.56 bits per heavy atom. The summed E-state index contributed by atoms with van der Waals surface area (Å²) in [5.74, 6) is -0.254. The van der Waals surface area contributed by atoms with Gasteiger partial charge in [-0.2, -0.15) is 0 Å². The standard InChI is InChI=1S/C12H13ClFN3O/c13-7-3-11(16-5-8(7)14)12(18)17-10-2-6-1-9(10)15-4-6/h3,5-6,9-10,15H,1-2,4H2,(H,17,18). The lowest BCUT2D eigenvalue weighted by atomic mass is 10.1. The monoisotopic (exact) mass is 269 g/mol. The van der Waals surface area contributed by atoms with Crippen LogP contribution in [0, 0.1) is 11.7 Å². The number of amides is 1. The Balaban J connectivity index is 1.69. The lowest BCUT2D eigenvalue weighted by Gasteiger charge is -2.23. The van der Waals surface area contributed by atoms with Gasteiger partial charge >= 0.3 is 0 Å². The Labute approximate surface area is 109 Å². The van der Waals surface area contributed by atoms with E-state index in [4.69, 9.17) is 11.6 Å². The topological polar surface area (TPSA) is 54.0 Å². The van der Waals surface area contributed by atoms with Crippen LogP contribution in [0.15, 0.2) is 12.3 Å². The number of piperidine rings is 1. The Morgan fingerprint density at radius 2 is 2.39 bits per heavy atom. The first-order chi connectivity index (χ1) is 8.63. The lowest BCUT2D eigenvalue weighted by molar-refractivity contribution is 0.0923. The molecule has 1 amide bonds. The predicted molar refractivity (Wildman–Crippen MR) is 65.0 cm³/mol. The number of nitrogens with one attached hydrogen (secondary N) is 2. The fourth-order valence-electron chi connectivity index (χ4n) is 2.79. The smallest absolute Gasteiger partial charge is 0.270 e. The first-order valence-corrected chi connectivity index (χ1v) is 6.36. The maximum Gasteiger partial charge on any atom is 0.270 e. The van der Waals surface area contributed by atoms with Crippen molar-refractivity contribution in [2.24, 2.45) is 5.92 Å². The highest BCUT2D eigenvalue weighted by molar-refractivity contribution is 6.31. The molecule has 1 aliphatic heterocycles. The molecule has 2 N–H and O–H groups in total. The highest BCUT2D eigenvalue weighted by Crippen LogP contribution is 2.31. The van der Waals surface area contributed by atoms with E-state index >= 15 is 0 Å². The van der Waals surface area contributed by atoms with Crippen molar-refractivity contribution in [3.05, 3.63) is 28.8 Å². The summed E-state index contributed by atoms with van der Waals surface area (Å²) in [6.45, 7) is 1.04. The fraction of sp³-hybridized carbons (Fsp3) is 0.500. The van der Waals surface area contributed by atoms with Gasteiger partial charge in [0, 0.05) is 12.1 Å². The molecule has 3 unspecified atom stereocenters. The van der Waals surface area contributed by atoms with Crippen molar-refractivity contribution >= 4 is 17.5 Å². The number of fused-ring (bicyclic) bond motifs is 2. The Bertz CT molecular complexity index is 496. The van der Waals surface area contributed by atoms with E-state index in [9.17, 15) is 9.18 Å². The van der Waals surface area contributed by atoms with Crippen molar-refractivity contribution in [1.29, 1.82) is 0 Å². The molecule has 1 aromatic rings. The number of rotatable bonds is 2. The molecular weight excluding hydrogens is 257 g/mol. The zero-order chi connectivity index (χ0) is 12.7. The van der Waals surface area contributed by atoms with Crippen molar-refractivity contribution in [2.75, 3.05) is 6.54 Å². The summed E-state index contributed by atoms with van der Waals surface area (Å²) in [5.41, 5.74) is 0.157. The van der Waals surface area contributed by atoms with Crippen LogP contribution in [0.5, 0.6) is 0 Å². The van der Waals surface area contributed by atoms with Crippen LogP contribution < -0.4 is 10.6 Å². The molecule has 3 rings (SSSR count). The van der Waals surface area contributed by atoms with E-state index in [1.807, 2.05) is 0 Å². The molecule has 1 saturated heterocycles. The summed E-state index contributed by atoms with van der Waals surface area (Å²) >= 11 is 5.63. The van der Waals surface area contributed by atoms with Crippen molar-refractivity contribution in [2.45, 2.75) is 24.9 Å². The van der Waals surface area contributed by atoms with Crippen LogP contribution in [0.4, 0.5) is 4.39 Å². The first kappa shape index (κ1) is 11.9. The summed E-state index contributed by atoms with van der Waals surface area (Å²) in [5, 5.41) is 6.21. The Kier molecular flexibility index (Phi) is 2.95. The van der Waals surface area contributed by atoms with Crippen LogP contribution in [0.1, 0.15) is 23.3 Å². The van der Waals surface area contributed by atoms with E-state index in [1.165, 1.54) is 6.07 Å². The van der Waals surface area contributed by atoms with Gasteiger partial charge in [-0.05, 0) is 31.4 Å². The number of carbonyl (C=O) groups excluding carboxylic acids is 1. The van der Waals surface area contributed by atoms with E-state index in [-0.39, 0.29) is 22.7 Å². The third-order valence-electron chi connectivity index (χ3n) is 3.69. The van der Waals surface area contributed by atoms with Crippen molar-refractivity contribution in [3.63, 3.8) is 0 Å². The van der Waals surface area contributed by atoms with E-state index < -0.39 is 5.82 Å². The van der Waals surface area contributed by atoms with Crippen LogP contribution in [0.25, 0.3) is 0 Å². The van der Waals surface area contributed by atoms with E-state index in [0.29, 0.717) is 12.0 Å². The van der Waals surface area contributed by atoms with Crippen LogP contribution in [0.3, 0.4) is 0 Å². The summed E-state index contributed by atoms with van der Waals surface area (Å²) in [6, 6.07) is 1.75.